The summed E-state index contributed by atoms with van der Waals surface area (Å²) in [6, 6.07) is 7.91. The summed E-state index contributed by atoms with van der Waals surface area (Å²) in [5, 5.41) is 0. The molecule has 0 saturated carbocycles. The molecule has 114 valence electrons. The van der Waals surface area contributed by atoms with Crippen LogP contribution in [-0.2, 0) is 14.3 Å². The molecule has 21 heavy (non-hydrogen) atoms. The van der Waals surface area contributed by atoms with Crippen LogP contribution in [0, 0.1) is 6.92 Å². The Morgan fingerprint density at radius 1 is 1.29 bits per heavy atom. The van der Waals surface area contributed by atoms with Crippen molar-refractivity contribution in [2.75, 3.05) is 19.7 Å². The molecule has 0 atom stereocenters. The zero-order chi connectivity index (χ0) is 15.2. The molecule has 1 aromatic carbocycles. The normalized spacial score (nSPS) is 15.6. The number of piperidine rings is 1. The summed E-state index contributed by atoms with van der Waals surface area (Å²) in [6.45, 7) is 4.97. The lowest BCUT2D eigenvalue weighted by molar-refractivity contribution is -0.160. The van der Waals surface area contributed by atoms with Crippen LogP contribution in [0.1, 0.15) is 25.3 Å². The molecule has 1 heterocycles. The van der Waals surface area contributed by atoms with Crippen molar-refractivity contribution in [3.05, 3.63) is 29.8 Å². The van der Waals surface area contributed by atoms with Crippen LogP contribution in [0.25, 0.3) is 0 Å². The predicted octanol–water partition coefficient (Wildman–Crippen LogP) is 1.93. The predicted molar refractivity (Wildman–Crippen MR) is 78.0 cm³/mol. The Kier molecular flexibility index (Phi) is 5.20. The number of ether oxygens (including phenoxy) is 2. The van der Waals surface area contributed by atoms with Crippen LogP contribution in [0.2, 0.25) is 0 Å². The first-order valence-electron chi connectivity index (χ1n) is 7.29. The lowest BCUT2D eigenvalue weighted by atomic mass is 10.1. The van der Waals surface area contributed by atoms with Crippen molar-refractivity contribution in [3.8, 4) is 5.75 Å². The minimum absolute atomic E-state index is 0.0815. The lowest BCUT2D eigenvalue weighted by Gasteiger charge is -2.31. The third-order valence-corrected chi connectivity index (χ3v) is 3.47. The van der Waals surface area contributed by atoms with Gasteiger partial charge >= 0.3 is 11.9 Å². The maximum atomic E-state index is 11.8. The van der Waals surface area contributed by atoms with Crippen LogP contribution in [0.4, 0.5) is 0 Å². The highest BCUT2D eigenvalue weighted by atomic mass is 16.5. The summed E-state index contributed by atoms with van der Waals surface area (Å²) in [7, 11) is 0. The molecule has 1 amide bonds. The number of esters is 1. The van der Waals surface area contributed by atoms with Crippen LogP contribution in [0.15, 0.2) is 24.3 Å². The zero-order valence-electron chi connectivity index (χ0n) is 12.5. The van der Waals surface area contributed by atoms with Crippen LogP contribution < -0.4 is 4.74 Å². The Morgan fingerprint density at radius 2 is 2.00 bits per heavy atom. The fourth-order valence-corrected chi connectivity index (χ4v) is 2.38. The van der Waals surface area contributed by atoms with Gasteiger partial charge < -0.3 is 14.4 Å². The van der Waals surface area contributed by atoms with E-state index in [-0.39, 0.29) is 12.7 Å². The van der Waals surface area contributed by atoms with E-state index >= 15 is 0 Å². The highest BCUT2D eigenvalue weighted by molar-refractivity contribution is 6.32. The van der Waals surface area contributed by atoms with Crippen LogP contribution in [0.5, 0.6) is 5.75 Å². The molecule has 0 bridgehead atoms. The van der Waals surface area contributed by atoms with Crippen molar-refractivity contribution in [1.82, 2.24) is 4.90 Å². The Morgan fingerprint density at radius 3 is 2.62 bits per heavy atom. The van der Waals surface area contributed by atoms with Gasteiger partial charge in [0.05, 0.1) is 6.61 Å². The summed E-state index contributed by atoms with van der Waals surface area (Å²) >= 11 is 0. The Labute approximate surface area is 124 Å². The van der Waals surface area contributed by atoms with Crippen LogP contribution in [0.3, 0.4) is 0 Å². The standard InChI is InChI=1S/C16H21NO4/c1-3-20-16(19)15(18)17-9-7-13(8-10-17)21-14-6-4-5-12(2)11-14/h4-6,11,13H,3,7-10H2,1-2H3. The Balaban J connectivity index is 1.83. The molecule has 0 unspecified atom stereocenters. The topological polar surface area (TPSA) is 55.8 Å². The molecule has 5 nitrogen and oxygen atoms in total. The molecule has 0 aromatic heterocycles. The molecular formula is C16H21NO4. The van der Waals surface area contributed by atoms with Gasteiger partial charge in [0.25, 0.3) is 0 Å². The van der Waals surface area contributed by atoms with E-state index in [1.54, 1.807) is 6.92 Å². The number of carbonyl (C=O) groups excluding carboxylic acids is 2. The van der Waals surface area contributed by atoms with Gasteiger partial charge in [-0.15, -0.1) is 0 Å². The van der Waals surface area contributed by atoms with Gasteiger partial charge in [-0.25, -0.2) is 4.79 Å². The van der Waals surface area contributed by atoms with Crippen molar-refractivity contribution in [2.24, 2.45) is 0 Å². The minimum Gasteiger partial charge on any atom is -0.490 e. The fraction of sp³-hybridized carbons (Fsp3) is 0.500. The first-order valence-corrected chi connectivity index (χ1v) is 7.29. The summed E-state index contributed by atoms with van der Waals surface area (Å²) in [5.74, 6) is -0.466. The smallest absolute Gasteiger partial charge is 0.397 e. The fourth-order valence-electron chi connectivity index (χ4n) is 2.38. The number of likely N-dealkylation sites (tertiary alicyclic amines) is 1. The van der Waals surface area contributed by atoms with Crippen molar-refractivity contribution in [1.29, 1.82) is 0 Å². The van der Waals surface area contributed by atoms with Gasteiger partial charge in [0.1, 0.15) is 11.9 Å². The second kappa shape index (κ2) is 7.11. The molecule has 2 rings (SSSR count). The van der Waals surface area contributed by atoms with E-state index in [1.165, 1.54) is 4.90 Å². The monoisotopic (exact) mass is 291 g/mol. The third-order valence-electron chi connectivity index (χ3n) is 3.47. The molecule has 1 aromatic rings. The van der Waals surface area contributed by atoms with E-state index in [2.05, 4.69) is 0 Å². The molecule has 1 aliphatic rings. The van der Waals surface area contributed by atoms with E-state index in [1.807, 2.05) is 31.2 Å². The number of rotatable bonds is 3. The highest BCUT2D eigenvalue weighted by Crippen LogP contribution is 2.20. The van der Waals surface area contributed by atoms with Crippen LogP contribution in [-0.4, -0.2) is 42.6 Å². The van der Waals surface area contributed by atoms with Gasteiger partial charge in [0, 0.05) is 25.9 Å². The number of aryl methyl sites for hydroxylation is 1. The summed E-state index contributed by atoms with van der Waals surface area (Å²) in [4.78, 5) is 24.8. The molecule has 0 N–H and O–H groups in total. The second-order valence-corrected chi connectivity index (χ2v) is 5.15. The SMILES string of the molecule is CCOC(=O)C(=O)N1CCC(Oc2cccc(C)c2)CC1. The number of benzene rings is 1. The maximum absolute atomic E-state index is 11.8. The Bertz CT molecular complexity index is 507. The van der Waals surface area contributed by atoms with Crippen molar-refractivity contribution in [2.45, 2.75) is 32.8 Å². The highest BCUT2D eigenvalue weighted by Gasteiger charge is 2.28. The van der Waals surface area contributed by atoms with E-state index in [9.17, 15) is 9.59 Å². The van der Waals surface area contributed by atoms with Gasteiger partial charge in [-0.3, -0.25) is 4.79 Å². The number of amides is 1. The number of hydrogen-bond donors (Lipinski definition) is 0. The zero-order valence-corrected chi connectivity index (χ0v) is 12.5. The molecular weight excluding hydrogens is 270 g/mol. The van der Waals surface area contributed by atoms with Crippen molar-refractivity contribution < 1.29 is 19.1 Å². The van der Waals surface area contributed by atoms with Crippen LogP contribution >= 0.6 is 0 Å². The number of hydrogen-bond acceptors (Lipinski definition) is 4. The van der Waals surface area contributed by atoms with Gasteiger partial charge in [-0.05, 0) is 31.5 Å². The molecule has 5 heteroatoms. The van der Waals surface area contributed by atoms with Gasteiger partial charge in [-0.1, -0.05) is 12.1 Å². The summed E-state index contributed by atoms with van der Waals surface area (Å²) in [5.41, 5.74) is 1.16. The van der Waals surface area contributed by atoms with Crippen molar-refractivity contribution in [3.63, 3.8) is 0 Å². The van der Waals surface area contributed by atoms with E-state index < -0.39 is 11.9 Å². The first kappa shape index (κ1) is 15.4. The summed E-state index contributed by atoms with van der Waals surface area (Å²) < 4.78 is 10.6. The molecule has 0 spiro atoms. The largest absolute Gasteiger partial charge is 0.490 e. The average Bonchev–Trinajstić information content (AvgIpc) is 2.47. The second-order valence-electron chi connectivity index (χ2n) is 5.15. The minimum atomic E-state index is -0.768. The van der Waals surface area contributed by atoms with E-state index in [0.717, 1.165) is 24.2 Å². The van der Waals surface area contributed by atoms with Crippen molar-refractivity contribution >= 4 is 11.9 Å². The average molecular weight is 291 g/mol. The maximum Gasteiger partial charge on any atom is 0.397 e. The molecule has 1 saturated heterocycles. The third kappa shape index (κ3) is 4.21. The Hall–Kier alpha value is -2.04. The number of nitrogens with zero attached hydrogens (tertiary/aromatic N) is 1. The van der Waals surface area contributed by atoms with Gasteiger partial charge in [0.2, 0.25) is 0 Å². The molecule has 0 aliphatic carbocycles. The molecule has 1 fully saturated rings. The summed E-state index contributed by atoms with van der Waals surface area (Å²) in [6.07, 6.45) is 1.52. The molecule has 0 radical (unpaired) electrons. The quantitative estimate of drug-likeness (QED) is 0.631. The first-order chi connectivity index (χ1) is 10.1. The van der Waals surface area contributed by atoms with Gasteiger partial charge in [-0.2, -0.15) is 0 Å². The van der Waals surface area contributed by atoms with E-state index in [4.69, 9.17) is 9.47 Å². The van der Waals surface area contributed by atoms with Gasteiger partial charge in [0.15, 0.2) is 0 Å². The van der Waals surface area contributed by atoms with E-state index in [0.29, 0.717) is 13.1 Å². The lowest BCUT2D eigenvalue weighted by Crippen LogP contribution is -2.45. The number of carbonyl (C=O) groups is 2. The molecule has 1 aliphatic heterocycles.